The van der Waals surface area contributed by atoms with Gasteiger partial charge in [-0.2, -0.15) is 0 Å². The number of aromatic nitrogens is 1. The molecule has 8 aliphatic rings. The minimum absolute atomic E-state index is 0. The standard InChI is InChI=1S/C59H69NO2.2CH3.Hf/c1-34-12-14-44(48-24-42(56(3,4)5)26-50(54(48)61)58-28-36-18-37(29-58)20-38(19-36)30-58)46(16-34)52-10-9-11-53(60-52)47-17-35(2)13-15-45(47)49-25-43(57(6,7)8)27-51(55(49)62)59-31-39-21-40(32-59)23-41(22-39)33-59;;;/h9-17,24-27,36-41,61-62H,18-23,28-33H2,1-8H3;2*1H3;/q;2*-1;+4/p-2. The molecule has 8 bridgehead atoms. The quantitative estimate of drug-likeness (QED) is 0.126. The zero-order chi connectivity index (χ0) is 43.1. The SMILES string of the molecule is Cc1ccc(-c2cc(C(C)(C)C)cc(C34CC5CC(CC(C5)C3)C4)c2[O-])c(-c2cccc(-c3cc(C)ccc3-c3cc(C(C)(C)C)cc(C45CC6CC(CC(C6)C4)C5)c3[O-])n2)c1.[CH3-].[CH3-].[Hf+4]. The van der Waals surface area contributed by atoms with E-state index in [9.17, 15) is 0 Å². The molecule has 3 nitrogen and oxygen atoms in total. The van der Waals surface area contributed by atoms with Crippen molar-refractivity contribution in [2.75, 3.05) is 0 Å². The molecule has 338 valence electrons. The monoisotopic (exact) mass is 1030 g/mol. The number of hydrogen-bond acceptors (Lipinski definition) is 3. The molecule has 0 amide bonds. The summed E-state index contributed by atoms with van der Waals surface area (Å²) in [5.74, 6) is 4.99. The van der Waals surface area contributed by atoms with E-state index in [2.05, 4.69) is 134 Å². The molecule has 0 spiro atoms. The number of aryl methyl sites for hydroxylation is 2. The van der Waals surface area contributed by atoms with Crippen LogP contribution in [0.15, 0.2) is 78.9 Å². The third kappa shape index (κ3) is 8.24. The van der Waals surface area contributed by atoms with E-state index in [0.29, 0.717) is 0 Å². The minimum atomic E-state index is -0.107. The maximum absolute atomic E-state index is 15.3. The van der Waals surface area contributed by atoms with Crippen LogP contribution in [0.4, 0.5) is 0 Å². The number of pyridine rings is 1. The van der Waals surface area contributed by atoms with Gasteiger partial charge in [-0.05, 0) is 217 Å². The molecule has 65 heavy (non-hydrogen) atoms. The van der Waals surface area contributed by atoms with E-state index in [1.165, 1.54) is 88.2 Å². The first-order valence-electron chi connectivity index (χ1n) is 24.4. The van der Waals surface area contributed by atoms with Gasteiger partial charge in [0.2, 0.25) is 0 Å². The fraction of sp³-hybridized carbons (Fsp3) is 0.492. The van der Waals surface area contributed by atoms with Crippen molar-refractivity contribution in [3.8, 4) is 56.3 Å². The molecule has 0 saturated heterocycles. The van der Waals surface area contributed by atoms with Gasteiger partial charge in [-0.25, -0.2) is 4.98 Å². The largest absolute Gasteiger partial charge is 4.00 e. The first kappa shape index (κ1) is 48.0. The fourth-order valence-electron chi connectivity index (χ4n) is 15.1. The maximum atomic E-state index is 15.3. The van der Waals surface area contributed by atoms with Gasteiger partial charge in [0.05, 0.1) is 11.4 Å². The van der Waals surface area contributed by atoms with E-state index in [4.69, 9.17) is 4.98 Å². The van der Waals surface area contributed by atoms with E-state index >= 15 is 10.2 Å². The normalized spacial score (nSPS) is 28.4. The van der Waals surface area contributed by atoms with Crippen LogP contribution < -0.4 is 10.2 Å². The Balaban J connectivity index is 0.00000192. The van der Waals surface area contributed by atoms with Crippen LogP contribution in [-0.4, -0.2) is 4.98 Å². The van der Waals surface area contributed by atoms with E-state index in [0.717, 1.165) is 103 Å². The van der Waals surface area contributed by atoms with E-state index in [1.807, 2.05) is 0 Å². The van der Waals surface area contributed by atoms with Crippen molar-refractivity contribution in [3.63, 3.8) is 0 Å². The number of hydrogen-bond donors (Lipinski definition) is 0. The van der Waals surface area contributed by atoms with Crippen LogP contribution in [0.25, 0.3) is 44.8 Å². The van der Waals surface area contributed by atoms with Gasteiger partial charge in [-0.15, -0.1) is 0 Å². The van der Waals surface area contributed by atoms with Gasteiger partial charge < -0.3 is 25.1 Å². The zero-order valence-corrected chi connectivity index (χ0v) is 44.8. The van der Waals surface area contributed by atoms with Crippen LogP contribution in [0.1, 0.15) is 152 Å². The predicted molar refractivity (Wildman–Crippen MR) is 264 cm³/mol. The number of rotatable bonds is 6. The molecule has 8 fully saturated rings. The van der Waals surface area contributed by atoms with Crippen LogP contribution in [0, 0.1) is 64.2 Å². The van der Waals surface area contributed by atoms with Crippen LogP contribution in [-0.2, 0) is 47.5 Å². The molecular weight excluding hydrogens is 957 g/mol. The van der Waals surface area contributed by atoms with Crippen LogP contribution >= 0.6 is 0 Å². The molecule has 8 saturated carbocycles. The van der Waals surface area contributed by atoms with Crippen LogP contribution in [0.3, 0.4) is 0 Å². The second-order valence-electron chi connectivity index (χ2n) is 24.2. The smallest absolute Gasteiger partial charge is 0.872 e. The van der Waals surface area contributed by atoms with Gasteiger partial charge in [-0.1, -0.05) is 119 Å². The van der Waals surface area contributed by atoms with Crippen molar-refractivity contribution in [2.24, 2.45) is 35.5 Å². The van der Waals surface area contributed by atoms with Gasteiger partial charge in [-0.3, -0.25) is 0 Å². The van der Waals surface area contributed by atoms with E-state index in [-0.39, 0.29) is 73.9 Å². The first-order valence-corrected chi connectivity index (χ1v) is 24.4. The summed E-state index contributed by atoms with van der Waals surface area (Å²) >= 11 is 0. The molecule has 0 radical (unpaired) electrons. The topological polar surface area (TPSA) is 59.0 Å². The molecule has 8 aliphatic carbocycles. The van der Waals surface area contributed by atoms with Crippen LogP contribution in [0.2, 0.25) is 0 Å². The molecule has 0 N–H and O–H groups in total. The van der Waals surface area contributed by atoms with Gasteiger partial charge in [0.1, 0.15) is 0 Å². The summed E-state index contributed by atoms with van der Waals surface area (Å²) in [5.41, 5.74) is 13.9. The summed E-state index contributed by atoms with van der Waals surface area (Å²) in [4.78, 5) is 5.52. The Morgan fingerprint density at radius 3 is 1.08 bits per heavy atom. The molecule has 0 atom stereocenters. The maximum Gasteiger partial charge on any atom is 4.00 e. The van der Waals surface area contributed by atoms with Crippen molar-refractivity contribution in [2.45, 2.75) is 154 Å². The Bertz CT molecular complexity index is 2370. The number of benzene rings is 4. The Labute approximate surface area is 411 Å². The van der Waals surface area contributed by atoms with Gasteiger partial charge in [0.25, 0.3) is 0 Å². The molecule has 1 heterocycles. The summed E-state index contributed by atoms with van der Waals surface area (Å²) < 4.78 is 0. The molecule has 4 aromatic carbocycles. The molecule has 0 aliphatic heterocycles. The molecule has 0 unspecified atom stereocenters. The molecule has 13 rings (SSSR count). The minimum Gasteiger partial charge on any atom is -0.872 e. The summed E-state index contributed by atoms with van der Waals surface area (Å²) in [5, 5.41) is 30.5. The van der Waals surface area contributed by atoms with Crippen molar-refractivity contribution in [3.05, 3.63) is 127 Å². The van der Waals surface area contributed by atoms with Crippen molar-refractivity contribution < 1.29 is 36.1 Å². The Morgan fingerprint density at radius 1 is 0.446 bits per heavy atom. The zero-order valence-electron chi connectivity index (χ0n) is 41.2. The summed E-state index contributed by atoms with van der Waals surface area (Å²) in [7, 11) is 0. The van der Waals surface area contributed by atoms with Gasteiger partial charge >= 0.3 is 25.8 Å². The molecular formula is C61H73HfNO2. The Kier molecular flexibility index (Phi) is 12.5. The summed E-state index contributed by atoms with van der Waals surface area (Å²) in [6.07, 6.45) is 15.1. The third-order valence-electron chi connectivity index (χ3n) is 17.4. The Hall–Kier alpha value is -3.50. The van der Waals surface area contributed by atoms with E-state index in [1.54, 1.807) is 0 Å². The molecule has 4 heteroatoms. The summed E-state index contributed by atoms with van der Waals surface area (Å²) in [6.45, 7) is 18.0. The average molecular weight is 1030 g/mol. The second kappa shape index (κ2) is 16.9. The Morgan fingerprint density at radius 2 is 0.769 bits per heavy atom. The average Bonchev–Trinajstić information content (AvgIpc) is 3.19. The first-order chi connectivity index (χ1) is 29.4. The third-order valence-corrected chi connectivity index (χ3v) is 17.4. The van der Waals surface area contributed by atoms with Gasteiger partial charge in [0.15, 0.2) is 0 Å². The van der Waals surface area contributed by atoms with E-state index < -0.39 is 0 Å². The fourth-order valence-corrected chi connectivity index (χ4v) is 15.1. The van der Waals surface area contributed by atoms with Crippen LogP contribution in [0.5, 0.6) is 11.5 Å². The van der Waals surface area contributed by atoms with Crippen molar-refractivity contribution in [1.82, 2.24) is 4.98 Å². The molecule has 1 aromatic heterocycles. The predicted octanol–water partition coefficient (Wildman–Crippen LogP) is 14.9. The van der Waals surface area contributed by atoms with Crippen molar-refractivity contribution in [1.29, 1.82) is 0 Å². The van der Waals surface area contributed by atoms with Gasteiger partial charge in [0, 0.05) is 11.1 Å². The second-order valence-corrected chi connectivity index (χ2v) is 24.2. The van der Waals surface area contributed by atoms with Crippen molar-refractivity contribution >= 4 is 0 Å². The molecule has 5 aromatic rings. The number of nitrogens with zero attached hydrogens (tertiary/aromatic N) is 1. The summed E-state index contributed by atoms with van der Waals surface area (Å²) in [6, 6.07) is 28.6.